The molecular weight excluding hydrogens is 412 g/mol. The van der Waals surface area contributed by atoms with E-state index >= 15 is 0 Å². The third-order valence-corrected chi connectivity index (χ3v) is 5.23. The molecule has 3 heterocycles. The maximum Gasteiger partial charge on any atom is 0.251 e. The highest BCUT2D eigenvalue weighted by atomic mass is 32.2. The van der Waals surface area contributed by atoms with Gasteiger partial charge < -0.3 is 5.32 Å². The van der Waals surface area contributed by atoms with Gasteiger partial charge in [-0.15, -0.1) is 5.10 Å². The number of pyridine rings is 1. The molecule has 4 aromatic rings. The molecule has 0 aliphatic rings. The largest absolute Gasteiger partial charge is 0.351 e. The molecule has 0 atom stereocenters. The maximum absolute atomic E-state index is 12.7. The Balaban J connectivity index is 1.49. The molecule has 1 amide bonds. The number of thioether (sulfide) groups is 1. The fourth-order valence-electron chi connectivity index (χ4n) is 2.72. The van der Waals surface area contributed by atoms with E-state index in [1.165, 1.54) is 11.8 Å². The van der Waals surface area contributed by atoms with E-state index in [2.05, 4.69) is 42.8 Å². The first-order chi connectivity index (χ1) is 15.2. The number of rotatable bonds is 6. The second kappa shape index (κ2) is 9.69. The van der Waals surface area contributed by atoms with Gasteiger partial charge in [-0.25, -0.2) is 9.36 Å². The highest BCUT2D eigenvalue weighted by Crippen LogP contribution is 2.16. The molecule has 0 fully saturated rings. The number of amides is 1. The molecule has 0 saturated heterocycles. The van der Waals surface area contributed by atoms with Crippen molar-refractivity contribution in [3.05, 3.63) is 77.9 Å². The predicted octanol–water partition coefficient (Wildman–Crippen LogP) is 1.71. The topological polar surface area (TPSA) is 103 Å². The second-order valence-electron chi connectivity index (χ2n) is 6.36. The van der Waals surface area contributed by atoms with Crippen LogP contribution in [0.1, 0.15) is 21.5 Å². The predicted molar refractivity (Wildman–Crippen MR) is 116 cm³/mol. The third-order valence-electron chi connectivity index (χ3n) is 4.21. The van der Waals surface area contributed by atoms with Gasteiger partial charge in [0.1, 0.15) is 0 Å². The van der Waals surface area contributed by atoms with Crippen LogP contribution in [0.25, 0.3) is 5.69 Å². The van der Waals surface area contributed by atoms with Crippen LogP contribution in [0.5, 0.6) is 0 Å². The Bertz CT molecular complexity index is 1230. The van der Waals surface area contributed by atoms with E-state index in [1.807, 2.05) is 30.5 Å². The van der Waals surface area contributed by atoms with E-state index in [9.17, 15) is 4.79 Å². The van der Waals surface area contributed by atoms with Gasteiger partial charge in [0.15, 0.2) is 0 Å². The minimum atomic E-state index is -0.173. The van der Waals surface area contributed by atoms with Gasteiger partial charge in [0.05, 0.1) is 11.3 Å². The van der Waals surface area contributed by atoms with E-state index in [1.54, 1.807) is 47.1 Å². The van der Waals surface area contributed by atoms with Gasteiger partial charge in [-0.2, -0.15) is 5.10 Å². The Labute approximate surface area is 182 Å². The lowest BCUT2D eigenvalue weighted by Crippen LogP contribution is -2.26. The zero-order chi connectivity index (χ0) is 21.5. The van der Waals surface area contributed by atoms with Crippen molar-refractivity contribution in [2.45, 2.75) is 5.16 Å². The van der Waals surface area contributed by atoms with Crippen LogP contribution in [0, 0.1) is 11.8 Å². The number of hydrogen-bond donors (Lipinski definition) is 1. The van der Waals surface area contributed by atoms with Crippen molar-refractivity contribution < 1.29 is 4.79 Å². The number of aromatic nitrogens is 7. The van der Waals surface area contributed by atoms with Gasteiger partial charge in [0, 0.05) is 55.3 Å². The molecule has 9 nitrogen and oxygen atoms in total. The minimum absolute atomic E-state index is 0.173. The minimum Gasteiger partial charge on any atom is -0.351 e. The van der Waals surface area contributed by atoms with E-state index in [0.29, 0.717) is 28.6 Å². The van der Waals surface area contributed by atoms with E-state index < -0.39 is 0 Å². The molecule has 0 radical (unpaired) electrons. The fraction of sp³-hybridized carbons (Fsp3) is 0.143. The van der Waals surface area contributed by atoms with Gasteiger partial charge >= 0.3 is 0 Å². The Kier molecular flexibility index (Phi) is 6.35. The lowest BCUT2D eigenvalue weighted by Gasteiger charge is -2.09. The zero-order valence-corrected chi connectivity index (χ0v) is 17.5. The highest BCUT2D eigenvalue weighted by molar-refractivity contribution is 7.99. The van der Waals surface area contributed by atoms with Crippen molar-refractivity contribution in [1.29, 1.82) is 0 Å². The van der Waals surface area contributed by atoms with E-state index in [0.717, 1.165) is 11.3 Å². The van der Waals surface area contributed by atoms with Gasteiger partial charge in [0.2, 0.25) is 5.16 Å². The van der Waals surface area contributed by atoms with E-state index in [-0.39, 0.29) is 5.91 Å². The number of carbonyl (C=O) groups excluding carboxylic acids is 1. The van der Waals surface area contributed by atoms with Crippen LogP contribution < -0.4 is 5.32 Å². The zero-order valence-electron chi connectivity index (χ0n) is 16.6. The molecule has 1 aromatic carbocycles. The molecule has 0 bridgehead atoms. The lowest BCUT2D eigenvalue weighted by molar-refractivity contribution is 0.0956. The lowest BCUT2D eigenvalue weighted by atomic mass is 10.1. The van der Waals surface area contributed by atoms with Crippen LogP contribution in [0.2, 0.25) is 0 Å². The fourth-order valence-corrected chi connectivity index (χ4v) is 3.42. The average Bonchev–Trinajstić information content (AvgIpc) is 3.48. The summed E-state index contributed by atoms with van der Waals surface area (Å²) in [6.45, 7) is 0.480. The van der Waals surface area contributed by atoms with Crippen LogP contribution in [-0.4, -0.2) is 53.2 Å². The smallest absolute Gasteiger partial charge is 0.251 e. The first kappa shape index (κ1) is 20.3. The molecule has 0 aliphatic carbocycles. The standard InChI is InChI=1S/C21H18N8OS/c1-28-21(25-26-27-28)31-13-11-23-20(30)18-7-8-19(29-12-3-10-24-29)17(14-18)6-5-16-4-2-9-22-15-16/h2-4,7-10,12,14-15H,11,13H2,1H3,(H,23,30). The Hall–Kier alpha value is -3.97. The van der Waals surface area contributed by atoms with Crippen molar-refractivity contribution >= 4 is 17.7 Å². The SMILES string of the molecule is Cn1nnnc1SCCNC(=O)c1ccc(-n2cccn2)c(C#Cc2cccnc2)c1. The maximum atomic E-state index is 12.7. The molecule has 1 N–H and O–H groups in total. The van der Waals surface area contributed by atoms with Crippen LogP contribution in [0.4, 0.5) is 0 Å². The average molecular weight is 430 g/mol. The normalized spacial score (nSPS) is 10.4. The Morgan fingerprint density at radius 1 is 1.19 bits per heavy atom. The van der Waals surface area contributed by atoms with E-state index in [4.69, 9.17) is 0 Å². The van der Waals surface area contributed by atoms with Crippen molar-refractivity contribution in [3.63, 3.8) is 0 Å². The van der Waals surface area contributed by atoms with Crippen LogP contribution >= 0.6 is 11.8 Å². The number of carbonyl (C=O) groups is 1. The molecule has 0 aliphatic heterocycles. The number of nitrogens with one attached hydrogen (secondary N) is 1. The molecule has 3 aromatic heterocycles. The van der Waals surface area contributed by atoms with Gasteiger partial charge in [0.25, 0.3) is 5.91 Å². The number of hydrogen-bond acceptors (Lipinski definition) is 7. The number of aryl methyl sites for hydroxylation is 1. The molecule has 31 heavy (non-hydrogen) atoms. The van der Waals surface area contributed by atoms with Gasteiger partial charge in [-0.05, 0) is 46.8 Å². The molecule has 0 saturated carbocycles. The van der Waals surface area contributed by atoms with Crippen molar-refractivity contribution in [3.8, 4) is 17.5 Å². The third kappa shape index (κ3) is 5.15. The molecule has 154 valence electrons. The summed E-state index contributed by atoms with van der Waals surface area (Å²) in [6, 6.07) is 10.9. The summed E-state index contributed by atoms with van der Waals surface area (Å²) in [5.41, 5.74) is 2.80. The van der Waals surface area contributed by atoms with Crippen molar-refractivity contribution in [2.75, 3.05) is 12.3 Å². The molecule has 0 unspecified atom stereocenters. The first-order valence-electron chi connectivity index (χ1n) is 9.40. The summed E-state index contributed by atoms with van der Waals surface area (Å²) in [4.78, 5) is 16.7. The quantitative estimate of drug-likeness (QED) is 0.282. The molecule has 0 spiro atoms. The summed E-state index contributed by atoms with van der Waals surface area (Å²) in [6.07, 6.45) is 6.93. The summed E-state index contributed by atoms with van der Waals surface area (Å²) in [5.74, 6) is 6.72. The summed E-state index contributed by atoms with van der Waals surface area (Å²) in [7, 11) is 1.77. The highest BCUT2D eigenvalue weighted by Gasteiger charge is 2.11. The summed E-state index contributed by atoms with van der Waals surface area (Å²) < 4.78 is 3.31. The number of tetrazole rings is 1. The Morgan fingerprint density at radius 3 is 2.87 bits per heavy atom. The number of nitrogens with zero attached hydrogens (tertiary/aromatic N) is 7. The van der Waals surface area contributed by atoms with Gasteiger partial charge in [-0.1, -0.05) is 23.6 Å². The molecule has 4 rings (SSSR count). The first-order valence-corrected chi connectivity index (χ1v) is 10.4. The van der Waals surface area contributed by atoms with Gasteiger partial charge in [-0.3, -0.25) is 9.78 Å². The Morgan fingerprint density at radius 2 is 2.13 bits per heavy atom. The second-order valence-corrected chi connectivity index (χ2v) is 7.43. The van der Waals surface area contributed by atoms with Crippen molar-refractivity contribution in [1.82, 2.24) is 40.3 Å². The molecular formula is C21H18N8OS. The molecule has 10 heteroatoms. The van der Waals surface area contributed by atoms with Crippen LogP contribution in [0.3, 0.4) is 0 Å². The van der Waals surface area contributed by atoms with Crippen LogP contribution in [0.15, 0.2) is 66.3 Å². The van der Waals surface area contributed by atoms with Crippen LogP contribution in [-0.2, 0) is 7.05 Å². The summed E-state index contributed by atoms with van der Waals surface area (Å²) in [5, 5.41) is 19.2. The number of benzene rings is 1. The monoisotopic (exact) mass is 430 g/mol. The summed E-state index contributed by atoms with van der Waals surface area (Å²) >= 11 is 1.47. The van der Waals surface area contributed by atoms with Crippen molar-refractivity contribution in [2.24, 2.45) is 7.05 Å².